The topological polar surface area (TPSA) is 74.7 Å². The maximum Gasteiger partial charge on any atom is 0.265 e. The molecule has 2 heterocycles. The maximum atomic E-state index is 12.7. The van der Waals surface area contributed by atoms with Crippen molar-refractivity contribution in [2.24, 2.45) is 0 Å². The Balaban J connectivity index is 1.68. The Morgan fingerprint density at radius 3 is 2.41 bits per heavy atom. The molecular weight excluding hydrogens is 424 g/mol. The molecule has 0 bridgehead atoms. The molecule has 0 unspecified atom stereocenters. The van der Waals surface area contributed by atoms with Crippen molar-refractivity contribution in [1.82, 2.24) is 14.4 Å². The summed E-state index contributed by atoms with van der Waals surface area (Å²) >= 11 is 5.15. The highest BCUT2D eigenvalue weighted by Gasteiger charge is 2.35. The third kappa shape index (κ3) is 3.92. The molecule has 162 valence electrons. The zero-order valence-corrected chi connectivity index (χ0v) is 18.8. The van der Waals surface area contributed by atoms with E-state index >= 15 is 0 Å². The smallest absolute Gasteiger partial charge is 0.265 e. The van der Waals surface area contributed by atoms with E-state index < -0.39 is 11.8 Å². The molecule has 3 amide bonds. The number of anilines is 1. The Kier molecular flexibility index (Phi) is 5.63. The number of thiocarbonyl (C=S) groups is 1. The molecule has 0 saturated carbocycles. The lowest BCUT2D eigenvalue weighted by Crippen LogP contribution is -2.52. The first-order valence-electron chi connectivity index (χ1n) is 10.0. The fraction of sp³-hybridized carbons (Fsp3) is 0.167. The standard InChI is InChI=1S/C24H22N4O3S/c1-15-7-6-8-17(11-15)25-21(29)14-28-13-16(18-9-4-5-10-20(18)28)12-19-22(30)26(2)24(32)27(3)23(19)31/h4-13H,14H2,1-3H3,(H,25,29). The van der Waals surface area contributed by atoms with Crippen LogP contribution in [-0.4, -0.2) is 51.3 Å². The van der Waals surface area contributed by atoms with Crippen LogP contribution in [0.1, 0.15) is 11.1 Å². The molecule has 32 heavy (non-hydrogen) atoms. The first-order chi connectivity index (χ1) is 15.3. The summed E-state index contributed by atoms with van der Waals surface area (Å²) in [6.07, 6.45) is 3.34. The van der Waals surface area contributed by atoms with Gasteiger partial charge in [-0.05, 0) is 49.0 Å². The van der Waals surface area contributed by atoms with Gasteiger partial charge in [0.15, 0.2) is 5.11 Å². The van der Waals surface area contributed by atoms with Crippen molar-refractivity contribution in [2.45, 2.75) is 13.5 Å². The van der Waals surface area contributed by atoms with Crippen molar-refractivity contribution < 1.29 is 14.4 Å². The van der Waals surface area contributed by atoms with Gasteiger partial charge in [0.2, 0.25) is 5.91 Å². The molecule has 0 aliphatic carbocycles. The number of aryl methyl sites for hydroxylation is 1. The molecule has 7 nitrogen and oxygen atoms in total. The number of carbonyl (C=O) groups is 3. The Labute approximate surface area is 190 Å². The van der Waals surface area contributed by atoms with Gasteiger partial charge in [0.1, 0.15) is 12.1 Å². The van der Waals surface area contributed by atoms with Gasteiger partial charge in [-0.3, -0.25) is 24.2 Å². The highest BCUT2D eigenvalue weighted by atomic mass is 32.1. The molecule has 1 saturated heterocycles. The van der Waals surface area contributed by atoms with Crippen molar-refractivity contribution in [2.75, 3.05) is 19.4 Å². The van der Waals surface area contributed by atoms with Gasteiger partial charge in [-0.15, -0.1) is 0 Å². The fourth-order valence-electron chi connectivity index (χ4n) is 3.73. The zero-order chi connectivity index (χ0) is 23.0. The van der Waals surface area contributed by atoms with E-state index in [9.17, 15) is 14.4 Å². The normalized spacial score (nSPS) is 14.3. The van der Waals surface area contributed by atoms with Crippen LogP contribution < -0.4 is 5.32 Å². The summed E-state index contributed by atoms with van der Waals surface area (Å²) in [5.74, 6) is -1.08. The number of hydrogen-bond donors (Lipinski definition) is 1. The number of benzene rings is 2. The molecule has 4 rings (SSSR count). The van der Waals surface area contributed by atoms with Crippen LogP contribution in [0.15, 0.2) is 60.3 Å². The molecule has 0 spiro atoms. The Morgan fingerprint density at radius 2 is 1.72 bits per heavy atom. The minimum atomic E-state index is -0.452. The second kappa shape index (κ2) is 8.39. The van der Waals surface area contributed by atoms with Gasteiger partial charge < -0.3 is 9.88 Å². The molecular formula is C24H22N4O3S. The zero-order valence-electron chi connectivity index (χ0n) is 18.0. The molecule has 8 heteroatoms. The quantitative estimate of drug-likeness (QED) is 0.380. The van der Waals surface area contributed by atoms with Crippen LogP contribution in [0.4, 0.5) is 5.69 Å². The van der Waals surface area contributed by atoms with E-state index in [1.165, 1.54) is 9.80 Å². The lowest BCUT2D eigenvalue weighted by Gasteiger charge is -2.31. The second-order valence-electron chi connectivity index (χ2n) is 7.72. The molecule has 1 aromatic heterocycles. The molecule has 2 aromatic carbocycles. The van der Waals surface area contributed by atoms with Crippen LogP contribution in [-0.2, 0) is 20.9 Å². The van der Waals surface area contributed by atoms with Gasteiger partial charge in [-0.2, -0.15) is 0 Å². The predicted octanol–water partition coefficient (Wildman–Crippen LogP) is 3.19. The molecule has 0 atom stereocenters. The molecule has 1 fully saturated rings. The summed E-state index contributed by atoms with van der Waals surface area (Å²) < 4.78 is 1.81. The number of rotatable bonds is 4. The van der Waals surface area contributed by atoms with Gasteiger partial charge in [-0.1, -0.05) is 30.3 Å². The number of aromatic nitrogens is 1. The summed E-state index contributed by atoms with van der Waals surface area (Å²) in [5, 5.41) is 3.90. The number of nitrogens with one attached hydrogen (secondary N) is 1. The summed E-state index contributed by atoms with van der Waals surface area (Å²) in [6, 6.07) is 15.1. The highest BCUT2D eigenvalue weighted by molar-refractivity contribution is 7.80. The highest BCUT2D eigenvalue weighted by Crippen LogP contribution is 2.26. The number of carbonyl (C=O) groups excluding carboxylic acids is 3. The van der Waals surface area contributed by atoms with Crippen molar-refractivity contribution in [1.29, 1.82) is 0 Å². The van der Waals surface area contributed by atoms with Gasteiger partial charge in [0, 0.05) is 42.4 Å². The van der Waals surface area contributed by atoms with Gasteiger partial charge in [-0.25, -0.2) is 0 Å². The fourth-order valence-corrected chi connectivity index (χ4v) is 3.90. The van der Waals surface area contributed by atoms with Crippen LogP contribution in [0, 0.1) is 6.92 Å². The minimum Gasteiger partial charge on any atom is -0.337 e. The lowest BCUT2D eigenvalue weighted by atomic mass is 10.1. The Bertz CT molecular complexity index is 1280. The van der Waals surface area contributed by atoms with Crippen LogP contribution in [0.3, 0.4) is 0 Å². The van der Waals surface area contributed by atoms with Crippen molar-refractivity contribution in [3.05, 3.63) is 71.4 Å². The first kappa shape index (κ1) is 21.5. The monoisotopic (exact) mass is 446 g/mol. The van der Waals surface area contributed by atoms with Gasteiger partial charge >= 0.3 is 0 Å². The van der Waals surface area contributed by atoms with Gasteiger partial charge in [0.05, 0.1) is 0 Å². The average Bonchev–Trinajstić information content (AvgIpc) is 3.11. The first-order valence-corrected chi connectivity index (χ1v) is 10.4. The Hall–Kier alpha value is -3.78. The summed E-state index contributed by atoms with van der Waals surface area (Å²) in [7, 11) is 3.08. The molecule has 1 aliphatic heterocycles. The van der Waals surface area contributed by atoms with Crippen LogP contribution >= 0.6 is 12.2 Å². The largest absolute Gasteiger partial charge is 0.337 e. The number of para-hydroxylation sites is 1. The van der Waals surface area contributed by atoms with Crippen LogP contribution in [0.5, 0.6) is 0 Å². The molecule has 1 aliphatic rings. The van der Waals surface area contributed by atoms with E-state index in [1.807, 2.05) is 60.0 Å². The van der Waals surface area contributed by atoms with Crippen LogP contribution in [0.25, 0.3) is 17.0 Å². The van der Waals surface area contributed by atoms with Crippen molar-refractivity contribution in [3.8, 4) is 0 Å². The SMILES string of the molecule is Cc1cccc(NC(=O)Cn2cc(C=C3C(=O)N(C)C(=S)N(C)C3=O)c3ccccc32)c1. The van der Waals surface area contributed by atoms with Gasteiger partial charge in [0.25, 0.3) is 11.8 Å². The number of fused-ring (bicyclic) bond motifs is 1. The van der Waals surface area contributed by atoms with Crippen LogP contribution in [0.2, 0.25) is 0 Å². The number of nitrogens with zero attached hydrogens (tertiary/aromatic N) is 3. The average molecular weight is 447 g/mol. The third-order valence-corrected chi connectivity index (χ3v) is 5.93. The van der Waals surface area contributed by atoms with E-state index in [-0.39, 0.29) is 23.1 Å². The van der Waals surface area contributed by atoms with E-state index in [0.717, 1.165) is 22.2 Å². The van der Waals surface area contributed by atoms with E-state index in [4.69, 9.17) is 12.2 Å². The second-order valence-corrected chi connectivity index (χ2v) is 8.08. The Morgan fingerprint density at radius 1 is 1.03 bits per heavy atom. The minimum absolute atomic E-state index is 0.0238. The summed E-state index contributed by atoms with van der Waals surface area (Å²) in [5.41, 5.74) is 3.31. The van der Waals surface area contributed by atoms with Crippen molar-refractivity contribution in [3.63, 3.8) is 0 Å². The maximum absolute atomic E-state index is 12.7. The number of likely N-dealkylation sites (N-methyl/N-ethyl adjacent to an activating group) is 2. The predicted molar refractivity (Wildman–Crippen MR) is 128 cm³/mol. The third-order valence-electron chi connectivity index (χ3n) is 5.38. The molecule has 0 radical (unpaired) electrons. The lowest BCUT2D eigenvalue weighted by molar-refractivity contribution is -0.132. The summed E-state index contributed by atoms with van der Waals surface area (Å²) in [6.45, 7) is 2.05. The number of amides is 3. The van der Waals surface area contributed by atoms with Crippen molar-refractivity contribution >= 4 is 57.7 Å². The van der Waals surface area contributed by atoms with E-state index in [0.29, 0.717) is 5.56 Å². The molecule has 1 N–H and O–H groups in total. The number of hydrogen-bond acceptors (Lipinski definition) is 4. The molecule has 3 aromatic rings. The summed E-state index contributed by atoms with van der Waals surface area (Å²) in [4.78, 5) is 40.6. The van der Waals surface area contributed by atoms with E-state index in [2.05, 4.69) is 5.32 Å². The van der Waals surface area contributed by atoms with E-state index in [1.54, 1.807) is 26.4 Å².